The van der Waals surface area contributed by atoms with E-state index in [1.165, 1.54) is 89.9 Å². The predicted octanol–water partition coefficient (Wildman–Crippen LogP) is 13.2. The van der Waals surface area contributed by atoms with Gasteiger partial charge < -0.3 is 38.1 Å². The highest BCUT2D eigenvalue weighted by Crippen LogP contribution is 2.15. The van der Waals surface area contributed by atoms with Gasteiger partial charge in [0.1, 0.15) is 19.8 Å². The molecule has 2 unspecified atom stereocenters. The highest BCUT2D eigenvalue weighted by Gasteiger charge is 2.20. The van der Waals surface area contributed by atoms with Gasteiger partial charge in [-0.05, 0) is 65.0 Å². The molecular weight excluding hydrogens is 815 g/mol. The van der Waals surface area contributed by atoms with Crippen LogP contribution in [-0.4, -0.2) is 101 Å². The predicted molar refractivity (Wildman–Crippen MR) is 257 cm³/mol. The molecule has 0 spiro atoms. The number of hydrogen-bond donors (Lipinski definition) is 0. The number of ether oxygens (including phenoxy) is 7. The van der Waals surface area contributed by atoms with Gasteiger partial charge >= 0.3 is 24.1 Å². The van der Waals surface area contributed by atoms with E-state index in [1.54, 1.807) is 0 Å². The fraction of sp³-hybridized carbons (Fsp3) is 0.923. The van der Waals surface area contributed by atoms with Crippen molar-refractivity contribution in [1.29, 1.82) is 0 Å². The molecular formula is C52H99NO11. The number of nitrogens with zero attached hydrogens (tertiary/aromatic N) is 1. The van der Waals surface area contributed by atoms with Crippen molar-refractivity contribution in [3.05, 3.63) is 0 Å². The van der Waals surface area contributed by atoms with Crippen molar-refractivity contribution in [2.24, 2.45) is 5.92 Å². The van der Waals surface area contributed by atoms with Crippen LogP contribution in [-0.2, 0) is 47.5 Å². The van der Waals surface area contributed by atoms with Gasteiger partial charge in [0.2, 0.25) is 0 Å². The standard InChI is InChI=1S/C52H99NO11/c1-7-12-15-18-21-23-28-34-46(6)64-50(56)36-30-25-22-24-29-35-48(54)61-43-47(45-63-52(57)60-42-33-39-53(10-4)11-5)44-62-49(55)37-38-51(58-40-31-26-19-16-13-8-2)59-41-32-27-20-17-14-9-3/h46-47,51H,7-45H2,1-6H3. The van der Waals surface area contributed by atoms with Crippen molar-refractivity contribution in [2.75, 3.05) is 59.3 Å². The maximum Gasteiger partial charge on any atom is 0.508 e. The van der Waals surface area contributed by atoms with Gasteiger partial charge in [0, 0.05) is 39.0 Å². The lowest BCUT2D eigenvalue weighted by molar-refractivity contribution is -0.161. The van der Waals surface area contributed by atoms with Crippen molar-refractivity contribution in [2.45, 2.75) is 247 Å². The van der Waals surface area contributed by atoms with Crippen LogP contribution >= 0.6 is 0 Å². The van der Waals surface area contributed by atoms with E-state index in [2.05, 4.69) is 39.5 Å². The van der Waals surface area contributed by atoms with E-state index in [-0.39, 0.29) is 57.3 Å². The second-order valence-corrected chi connectivity index (χ2v) is 17.7. The second kappa shape index (κ2) is 47.1. The molecule has 2 atom stereocenters. The van der Waals surface area contributed by atoms with Crippen LogP contribution in [0.15, 0.2) is 0 Å². The third kappa shape index (κ3) is 42.2. The molecule has 0 fully saturated rings. The van der Waals surface area contributed by atoms with E-state index in [4.69, 9.17) is 33.2 Å². The number of hydrogen-bond acceptors (Lipinski definition) is 12. The van der Waals surface area contributed by atoms with Crippen LogP contribution in [0.5, 0.6) is 0 Å². The molecule has 0 heterocycles. The van der Waals surface area contributed by atoms with Gasteiger partial charge in [0.15, 0.2) is 6.29 Å². The average Bonchev–Trinajstić information content (AvgIpc) is 3.28. The summed E-state index contributed by atoms with van der Waals surface area (Å²) in [7, 11) is 0. The minimum atomic E-state index is -0.804. The first kappa shape index (κ1) is 61.6. The van der Waals surface area contributed by atoms with Crippen LogP contribution in [0.2, 0.25) is 0 Å². The van der Waals surface area contributed by atoms with Gasteiger partial charge in [0.25, 0.3) is 0 Å². The topological polar surface area (TPSA) is 136 Å². The normalized spacial score (nSPS) is 12.4. The fourth-order valence-corrected chi connectivity index (χ4v) is 7.37. The summed E-state index contributed by atoms with van der Waals surface area (Å²) in [5.74, 6) is -1.46. The Morgan fingerprint density at radius 2 is 0.859 bits per heavy atom. The molecule has 12 heteroatoms. The quantitative estimate of drug-likeness (QED) is 0.0249. The summed E-state index contributed by atoms with van der Waals surface area (Å²) >= 11 is 0. The Bertz CT molecular complexity index is 1050. The van der Waals surface area contributed by atoms with Crippen LogP contribution in [0.1, 0.15) is 234 Å². The van der Waals surface area contributed by atoms with Gasteiger partial charge in [-0.1, -0.05) is 157 Å². The van der Waals surface area contributed by atoms with Crippen LogP contribution in [0, 0.1) is 5.92 Å². The van der Waals surface area contributed by atoms with Crippen LogP contribution in [0.3, 0.4) is 0 Å². The molecule has 0 saturated heterocycles. The smallest absolute Gasteiger partial charge is 0.465 e. The van der Waals surface area contributed by atoms with E-state index in [0.29, 0.717) is 38.9 Å². The maximum atomic E-state index is 13.0. The third-order valence-corrected chi connectivity index (χ3v) is 11.6. The van der Waals surface area contributed by atoms with Crippen molar-refractivity contribution in [3.63, 3.8) is 0 Å². The number of rotatable bonds is 48. The minimum Gasteiger partial charge on any atom is -0.465 e. The van der Waals surface area contributed by atoms with Gasteiger partial charge in [-0.3, -0.25) is 14.4 Å². The molecule has 0 aliphatic heterocycles. The molecule has 0 aromatic carbocycles. The molecule has 12 nitrogen and oxygen atoms in total. The Kier molecular flexibility index (Phi) is 45.3. The highest BCUT2D eigenvalue weighted by molar-refractivity contribution is 5.70. The Hall–Kier alpha value is -2.44. The van der Waals surface area contributed by atoms with E-state index in [0.717, 1.165) is 83.8 Å². The molecule has 0 bridgehead atoms. The fourth-order valence-electron chi connectivity index (χ4n) is 7.37. The largest absolute Gasteiger partial charge is 0.508 e. The zero-order valence-corrected chi connectivity index (χ0v) is 42.2. The summed E-state index contributed by atoms with van der Waals surface area (Å²) in [4.78, 5) is 52.6. The summed E-state index contributed by atoms with van der Waals surface area (Å²) in [6.45, 7) is 16.6. The molecule has 0 amide bonds. The first-order valence-corrected chi connectivity index (χ1v) is 26.4. The number of carbonyl (C=O) groups is 4. The lowest BCUT2D eigenvalue weighted by Crippen LogP contribution is -2.28. The maximum absolute atomic E-state index is 13.0. The average molecular weight is 914 g/mol. The summed E-state index contributed by atoms with van der Waals surface area (Å²) in [5.41, 5.74) is 0. The van der Waals surface area contributed by atoms with Crippen molar-refractivity contribution in [1.82, 2.24) is 4.90 Å². The van der Waals surface area contributed by atoms with Crippen molar-refractivity contribution < 1.29 is 52.3 Å². The van der Waals surface area contributed by atoms with Gasteiger partial charge in [-0.2, -0.15) is 0 Å². The van der Waals surface area contributed by atoms with Crippen molar-refractivity contribution >= 4 is 24.1 Å². The third-order valence-electron chi connectivity index (χ3n) is 11.6. The molecule has 64 heavy (non-hydrogen) atoms. The second-order valence-electron chi connectivity index (χ2n) is 17.7. The Morgan fingerprint density at radius 3 is 1.38 bits per heavy atom. The Labute approximate surface area is 392 Å². The summed E-state index contributed by atoms with van der Waals surface area (Å²) < 4.78 is 39.6. The zero-order chi connectivity index (χ0) is 47.1. The van der Waals surface area contributed by atoms with Gasteiger partial charge in [-0.15, -0.1) is 0 Å². The minimum absolute atomic E-state index is 0.0366. The first-order chi connectivity index (χ1) is 31.2. The molecule has 0 rings (SSSR count). The number of esters is 3. The monoisotopic (exact) mass is 914 g/mol. The highest BCUT2D eigenvalue weighted by atomic mass is 16.7. The SMILES string of the molecule is CCCCCCCCCC(C)OC(=O)CCCCCCCC(=O)OCC(COC(=O)CCC(OCCCCCCCC)OCCCCCCCC)COC(=O)OCCCN(CC)CC. The lowest BCUT2D eigenvalue weighted by Gasteiger charge is -2.20. The molecule has 378 valence electrons. The van der Waals surface area contributed by atoms with E-state index in [9.17, 15) is 19.2 Å². The molecule has 0 saturated carbocycles. The zero-order valence-electron chi connectivity index (χ0n) is 42.2. The summed E-state index contributed by atoms with van der Waals surface area (Å²) in [5, 5.41) is 0. The Morgan fingerprint density at radius 1 is 0.422 bits per heavy atom. The van der Waals surface area contributed by atoms with Crippen LogP contribution < -0.4 is 0 Å². The number of unbranched alkanes of at least 4 members (excludes halogenated alkanes) is 20. The molecule has 0 aliphatic carbocycles. The van der Waals surface area contributed by atoms with Gasteiger partial charge in [0.05, 0.1) is 25.0 Å². The van der Waals surface area contributed by atoms with Gasteiger partial charge in [-0.25, -0.2) is 4.79 Å². The number of carbonyl (C=O) groups excluding carboxylic acids is 4. The van der Waals surface area contributed by atoms with E-state index >= 15 is 0 Å². The van der Waals surface area contributed by atoms with Crippen LogP contribution in [0.4, 0.5) is 4.79 Å². The molecule has 0 N–H and O–H groups in total. The molecule has 0 aliphatic rings. The van der Waals surface area contributed by atoms with E-state index < -0.39 is 24.3 Å². The van der Waals surface area contributed by atoms with E-state index in [1.807, 2.05) is 6.92 Å². The summed E-state index contributed by atoms with van der Waals surface area (Å²) in [6.07, 6.45) is 28.2. The first-order valence-electron chi connectivity index (χ1n) is 26.4. The lowest BCUT2D eigenvalue weighted by atomic mass is 10.1. The summed E-state index contributed by atoms with van der Waals surface area (Å²) in [6, 6.07) is 0. The van der Waals surface area contributed by atoms with Crippen LogP contribution in [0.25, 0.3) is 0 Å². The van der Waals surface area contributed by atoms with Crippen molar-refractivity contribution in [3.8, 4) is 0 Å². The Balaban J connectivity index is 4.83. The molecule has 0 aromatic heterocycles. The molecule has 0 aromatic rings. The molecule has 0 radical (unpaired) electrons.